The molecular formula is C13H11Cl3N2. The largest absolute Gasteiger partial charge is 0.376 e. The van der Waals surface area contributed by atoms with Gasteiger partial charge < -0.3 is 5.32 Å². The van der Waals surface area contributed by atoms with Gasteiger partial charge in [0.1, 0.15) is 0 Å². The van der Waals surface area contributed by atoms with Gasteiger partial charge in [0.05, 0.1) is 22.9 Å². The fourth-order valence-electron chi connectivity index (χ4n) is 1.65. The highest BCUT2D eigenvalue weighted by Gasteiger charge is 2.11. The molecule has 2 nitrogen and oxygen atoms in total. The number of hydrogen-bond donors (Lipinski definition) is 1. The molecule has 0 bridgehead atoms. The summed E-state index contributed by atoms with van der Waals surface area (Å²) >= 11 is 18.1. The molecule has 1 unspecified atom stereocenters. The van der Waals surface area contributed by atoms with E-state index in [0.29, 0.717) is 15.1 Å². The van der Waals surface area contributed by atoms with E-state index < -0.39 is 0 Å². The van der Waals surface area contributed by atoms with Crippen molar-refractivity contribution < 1.29 is 0 Å². The Kier molecular flexibility index (Phi) is 4.33. The maximum absolute atomic E-state index is 6.16. The van der Waals surface area contributed by atoms with Gasteiger partial charge >= 0.3 is 0 Å². The topological polar surface area (TPSA) is 24.9 Å². The predicted molar refractivity (Wildman–Crippen MR) is 77.7 cm³/mol. The van der Waals surface area contributed by atoms with Gasteiger partial charge in [0.15, 0.2) is 0 Å². The Bertz CT molecular complexity index is 558. The lowest BCUT2D eigenvalue weighted by molar-refractivity contribution is 0.883. The summed E-state index contributed by atoms with van der Waals surface area (Å²) in [7, 11) is 0. The summed E-state index contributed by atoms with van der Waals surface area (Å²) in [4.78, 5) is 4.03. The molecule has 1 heterocycles. The third kappa shape index (κ3) is 3.08. The van der Waals surface area contributed by atoms with Gasteiger partial charge in [0.25, 0.3) is 0 Å². The molecule has 0 radical (unpaired) electrons. The van der Waals surface area contributed by atoms with Crippen LogP contribution >= 0.6 is 34.8 Å². The van der Waals surface area contributed by atoms with Crippen LogP contribution in [0.15, 0.2) is 36.7 Å². The van der Waals surface area contributed by atoms with E-state index in [9.17, 15) is 0 Å². The first kappa shape index (κ1) is 13.5. The third-order valence-corrected chi connectivity index (χ3v) is 3.46. The van der Waals surface area contributed by atoms with Crippen LogP contribution in [0, 0.1) is 0 Å². The predicted octanol–water partition coefficient (Wildman–Crippen LogP) is 5.21. The van der Waals surface area contributed by atoms with Gasteiger partial charge in [-0.25, -0.2) is 0 Å². The van der Waals surface area contributed by atoms with Crippen molar-refractivity contribution in [2.24, 2.45) is 0 Å². The first-order chi connectivity index (χ1) is 8.58. The molecule has 1 aromatic heterocycles. The number of nitrogens with zero attached hydrogens (tertiary/aromatic N) is 1. The Hall–Kier alpha value is -0.960. The van der Waals surface area contributed by atoms with Crippen molar-refractivity contribution in [3.63, 3.8) is 0 Å². The van der Waals surface area contributed by atoms with Gasteiger partial charge in [0, 0.05) is 16.2 Å². The quantitative estimate of drug-likeness (QED) is 0.841. The highest BCUT2D eigenvalue weighted by atomic mass is 35.5. The second-order valence-corrected chi connectivity index (χ2v) is 5.14. The minimum atomic E-state index is 0.0106. The van der Waals surface area contributed by atoms with Crippen LogP contribution in [0.3, 0.4) is 0 Å². The Labute approximate surface area is 121 Å². The highest BCUT2D eigenvalue weighted by Crippen LogP contribution is 2.30. The molecule has 0 amide bonds. The van der Waals surface area contributed by atoms with Gasteiger partial charge in [0.2, 0.25) is 0 Å². The summed E-state index contributed by atoms with van der Waals surface area (Å²) in [5, 5.41) is 5.14. The van der Waals surface area contributed by atoms with Crippen molar-refractivity contribution in [2.45, 2.75) is 13.0 Å². The first-order valence-electron chi connectivity index (χ1n) is 5.39. The zero-order chi connectivity index (χ0) is 13.1. The fourth-order valence-corrected chi connectivity index (χ4v) is 2.38. The molecule has 1 atom stereocenters. The molecule has 0 spiro atoms. The third-order valence-electron chi connectivity index (χ3n) is 2.57. The molecule has 2 aromatic rings. The summed E-state index contributed by atoms with van der Waals surface area (Å²) < 4.78 is 0. The van der Waals surface area contributed by atoms with Crippen molar-refractivity contribution in [3.05, 3.63) is 57.3 Å². The summed E-state index contributed by atoms with van der Waals surface area (Å²) in [5.74, 6) is 0. The zero-order valence-electron chi connectivity index (χ0n) is 9.62. The number of nitrogens with one attached hydrogen (secondary N) is 1. The van der Waals surface area contributed by atoms with E-state index >= 15 is 0 Å². The number of aromatic nitrogens is 1. The first-order valence-corrected chi connectivity index (χ1v) is 6.52. The van der Waals surface area contributed by atoms with Crippen LogP contribution in [-0.2, 0) is 0 Å². The highest BCUT2D eigenvalue weighted by molar-refractivity contribution is 6.35. The van der Waals surface area contributed by atoms with Crippen LogP contribution in [0.2, 0.25) is 15.1 Å². The van der Waals surface area contributed by atoms with Crippen molar-refractivity contribution in [2.75, 3.05) is 5.32 Å². The van der Waals surface area contributed by atoms with Crippen molar-refractivity contribution in [1.82, 2.24) is 4.98 Å². The molecule has 5 heteroatoms. The van der Waals surface area contributed by atoms with E-state index in [2.05, 4.69) is 10.3 Å². The molecule has 0 aliphatic heterocycles. The standard InChI is InChI=1S/C13H11Cl3N2/c1-8(10-3-2-9(14)6-12(10)16)18-13-7-17-5-4-11(13)15/h2-8,18H,1H3. The van der Waals surface area contributed by atoms with Gasteiger partial charge in [-0.05, 0) is 30.7 Å². The zero-order valence-corrected chi connectivity index (χ0v) is 11.9. The van der Waals surface area contributed by atoms with Crippen LogP contribution < -0.4 is 5.32 Å². The molecule has 0 aliphatic rings. The summed E-state index contributed by atoms with van der Waals surface area (Å²) in [5.41, 5.74) is 1.73. The van der Waals surface area contributed by atoms with E-state index in [4.69, 9.17) is 34.8 Å². The lowest BCUT2D eigenvalue weighted by atomic mass is 10.1. The second kappa shape index (κ2) is 5.79. The SMILES string of the molecule is CC(Nc1cnccc1Cl)c1ccc(Cl)cc1Cl. The molecule has 2 rings (SSSR count). The molecule has 94 valence electrons. The average molecular weight is 302 g/mol. The molecule has 0 saturated heterocycles. The van der Waals surface area contributed by atoms with Crippen molar-refractivity contribution in [3.8, 4) is 0 Å². The number of rotatable bonds is 3. The number of benzene rings is 1. The Morgan fingerprint density at radius 1 is 1.11 bits per heavy atom. The van der Waals surface area contributed by atoms with E-state index in [-0.39, 0.29) is 6.04 Å². The van der Waals surface area contributed by atoms with Crippen LogP contribution in [0.1, 0.15) is 18.5 Å². The maximum atomic E-state index is 6.16. The van der Waals surface area contributed by atoms with Crippen LogP contribution in [0.5, 0.6) is 0 Å². The second-order valence-electron chi connectivity index (χ2n) is 3.89. The van der Waals surface area contributed by atoms with Gasteiger partial charge in [-0.15, -0.1) is 0 Å². The molecular weight excluding hydrogens is 291 g/mol. The Morgan fingerprint density at radius 3 is 2.56 bits per heavy atom. The fraction of sp³-hybridized carbons (Fsp3) is 0.154. The smallest absolute Gasteiger partial charge is 0.0720 e. The number of hydrogen-bond acceptors (Lipinski definition) is 2. The van der Waals surface area contributed by atoms with E-state index in [1.54, 1.807) is 24.5 Å². The Morgan fingerprint density at radius 2 is 1.89 bits per heavy atom. The van der Waals surface area contributed by atoms with Crippen LogP contribution in [0.25, 0.3) is 0 Å². The molecule has 1 aromatic carbocycles. The van der Waals surface area contributed by atoms with E-state index in [1.807, 2.05) is 19.1 Å². The van der Waals surface area contributed by atoms with Crippen LogP contribution in [-0.4, -0.2) is 4.98 Å². The van der Waals surface area contributed by atoms with Gasteiger partial charge in [-0.2, -0.15) is 0 Å². The summed E-state index contributed by atoms with van der Waals surface area (Å²) in [6, 6.07) is 7.18. The maximum Gasteiger partial charge on any atom is 0.0720 e. The monoisotopic (exact) mass is 300 g/mol. The lowest BCUT2D eigenvalue weighted by Gasteiger charge is -2.17. The molecule has 0 saturated carbocycles. The Balaban J connectivity index is 2.22. The summed E-state index contributed by atoms with van der Waals surface area (Å²) in [6.45, 7) is 2.00. The number of anilines is 1. The lowest BCUT2D eigenvalue weighted by Crippen LogP contribution is -2.07. The average Bonchev–Trinajstić information content (AvgIpc) is 2.32. The minimum absolute atomic E-state index is 0.0106. The molecule has 1 N–H and O–H groups in total. The number of pyridine rings is 1. The normalized spacial score (nSPS) is 12.2. The molecule has 0 fully saturated rings. The molecule has 0 aliphatic carbocycles. The summed E-state index contributed by atoms with van der Waals surface area (Å²) in [6.07, 6.45) is 3.33. The molecule has 18 heavy (non-hydrogen) atoms. The minimum Gasteiger partial charge on any atom is -0.376 e. The van der Waals surface area contributed by atoms with Crippen LogP contribution in [0.4, 0.5) is 5.69 Å². The van der Waals surface area contributed by atoms with Gasteiger partial charge in [-0.1, -0.05) is 40.9 Å². The van der Waals surface area contributed by atoms with Gasteiger partial charge in [-0.3, -0.25) is 4.98 Å². The van der Waals surface area contributed by atoms with E-state index in [0.717, 1.165) is 11.3 Å². The number of halogens is 3. The van der Waals surface area contributed by atoms with Crippen molar-refractivity contribution >= 4 is 40.5 Å². The van der Waals surface area contributed by atoms with E-state index in [1.165, 1.54) is 0 Å². The van der Waals surface area contributed by atoms with Crippen molar-refractivity contribution in [1.29, 1.82) is 0 Å².